The lowest BCUT2D eigenvalue weighted by atomic mass is 10.2. The summed E-state index contributed by atoms with van der Waals surface area (Å²) in [5.74, 6) is -0.903. The van der Waals surface area contributed by atoms with E-state index in [1.165, 1.54) is 4.90 Å². The van der Waals surface area contributed by atoms with E-state index < -0.39 is 5.97 Å². The van der Waals surface area contributed by atoms with Gasteiger partial charge in [0.1, 0.15) is 0 Å². The van der Waals surface area contributed by atoms with Crippen LogP contribution < -0.4 is 5.32 Å². The molecule has 6 nitrogen and oxygen atoms in total. The topological polar surface area (TPSA) is 82.5 Å². The van der Waals surface area contributed by atoms with Crippen molar-refractivity contribution in [3.63, 3.8) is 0 Å². The molecule has 110 valence electrons. The van der Waals surface area contributed by atoms with Gasteiger partial charge in [0, 0.05) is 31.5 Å². The lowest BCUT2D eigenvalue weighted by Crippen LogP contribution is -2.45. The van der Waals surface area contributed by atoms with Crippen LogP contribution in [0.2, 0.25) is 0 Å². The number of pyridine rings is 1. The van der Waals surface area contributed by atoms with E-state index >= 15 is 0 Å². The van der Waals surface area contributed by atoms with Gasteiger partial charge in [-0.05, 0) is 38.0 Å². The van der Waals surface area contributed by atoms with E-state index in [1.54, 1.807) is 12.4 Å². The number of carboxylic acid groups (broad SMARTS) is 1. The molecule has 0 aliphatic carbocycles. The van der Waals surface area contributed by atoms with Crippen LogP contribution in [0.3, 0.4) is 0 Å². The maximum absolute atomic E-state index is 12.0. The molecular weight excluding hydrogens is 258 g/mol. The highest BCUT2D eigenvalue weighted by atomic mass is 16.4. The van der Waals surface area contributed by atoms with Gasteiger partial charge in [-0.15, -0.1) is 0 Å². The quantitative estimate of drug-likeness (QED) is 0.792. The van der Waals surface area contributed by atoms with E-state index in [4.69, 9.17) is 5.11 Å². The molecule has 0 aliphatic rings. The van der Waals surface area contributed by atoms with Crippen molar-refractivity contribution in [2.24, 2.45) is 0 Å². The number of aliphatic carboxylic acids is 1. The average molecular weight is 279 g/mol. The molecule has 0 atom stereocenters. The number of hydrogen-bond acceptors (Lipinski definition) is 3. The van der Waals surface area contributed by atoms with Gasteiger partial charge in [-0.2, -0.15) is 0 Å². The Balaban J connectivity index is 2.40. The molecule has 6 heteroatoms. The standard InChI is InChI=1S/C14H21N3O3/c1-11(2)17(10-6-13(18)19)14(20)16-9-5-12-3-7-15-8-4-12/h3-4,7-8,11H,5-6,9-10H2,1-2H3,(H,16,20)(H,18,19). The number of carboxylic acids is 1. The molecule has 0 radical (unpaired) electrons. The number of hydrogen-bond donors (Lipinski definition) is 2. The van der Waals surface area contributed by atoms with Crippen LogP contribution >= 0.6 is 0 Å². The van der Waals surface area contributed by atoms with Gasteiger partial charge in [-0.25, -0.2) is 4.79 Å². The lowest BCUT2D eigenvalue weighted by molar-refractivity contribution is -0.137. The molecular formula is C14H21N3O3. The average Bonchev–Trinajstić information content (AvgIpc) is 2.39. The summed E-state index contributed by atoms with van der Waals surface area (Å²) in [6.07, 6.45) is 4.10. The zero-order valence-electron chi connectivity index (χ0n) is 11.9. The van der Waals surface area contributed by atoms with Crippen LogP contribution in [-0.4, -0.2) is 46.1 Å². The molecule has 0 saturated heterocycles. The molecule has 0 fully saturated rings. The number of urea groups is 1. The number of aromatic nitrogens is 1. The van der Waals surface area contributed by atoms with E-state index in [1.807, 2.05) is 26.0 Å². The molecule has 0 spiro atoms. The number of carbonyl (C=O) groups excluding carboxylic acids is 1. The second-order valence-electron chi connectivity index (χ2n) is 4.77. The van der Waals surface area contributed by atoms with Crippen molar-refractivity contribution in [1.82, 2.24) is 15.2 Å². The molecule has 1 rings (SSSR count). The summed E-state index contributed by atoms with van der Waals surface area (Å²) in [6.45, 7) is 4.46. The summed E-state index contributed by atoms with van der Waals surface area (Å²) in [4.78, 5) is 28.0. The highest BCUT2D eigenvalue weighted by Crippen LogP contribution is 2.01. The Kier molecular flexibility index (Phi) is 6.49. The van der Waals surface area contributed by atoms with Gasteiger partial charge >= 0.3 is 12.0 Å². The molecule has 20 heavy (non-hydrogen) atoms. The first-order valence-electron chi connectivity index (χ1n) is 6.66. The van der Waals surface area contributed by atoms with Gasteiger partial charge in [0.25, 0.3) is 0 Å². The molecule has 1 aromatic rings. The van der Waals surface area contributed by atoms with E-state index in [-0.39, 0.29) is 25.0 Å². The normalized spacial score (nSPS) is 10.3. The number of nitrogens with one attached hydrogen (secondary N) is 1. The van der Waals surface area contributed by atoms with Crippen LogP contribution in [-0.2, 0) is 11.2 Å². The molecule has 0 bridgehead atoms. The van der Waals surface area contributed by atoms with Crippen molar-refractivity contribution in [1.29, 1.82) is 0 Å². The van der Waals surface area contributed by atoms with Crippen molar-refractivity contribution < 1.29 is 14.7 Å². The first-order valence-corrected chi connectivity index (χ1v) is 6.66. The highest BCUT2D eigenvalue weighted by Gasteiger charge is 2.17. The largest absolute Gasteiger partial charge is 0.481 e. The summed E-state index contributed by atoms with van der Waals surface area (Å²) in [7, 11) is 0. The Labute approximate surface area is 118 Å². The van der Waals surface area contributed by atoms with E-state index in [9.17, 15) is 9.59 Å². The van der Waals surface area contributed by atoms with Gasteiger partial charge in [0.05, 0.1) is 6.42 Å². The molecule has 2 N–H and O–H groups in total. The van der Waals surface area contributed by atoms with Crippen molar-refractivity contribution in [3.05, 3.63) is 30.1 Å². The Morgan fingerprint density at radius 1 is 1.35 bits per heavy atom. The van der Waals surface area contributed by atoms with Crippen molar-refractivity contribution in [3.8, 4) is 0 Å². The summed E-state index contributed by atoms with van der Waals surface area (Å²) in [5.41, 5.74) is 1.10. The molecule has 2 amide bonds. The Hall–Kier alpha value is -2.11. The highest BCUT2D eigenvalue weighted by molar-refractivity contribution is 5.75. The minimum Gasteiger partial charge on any atom is -0.481 e. The van der Waals surface area contributed by atoms with Crippen LogP contribution in [0.1, 0.15) is 25.8 Å². The van der Waals surface area contributed by atoms with Crippen LogP contribution in [0.4, 0.5) is 4.79 Å². The van der Waals surface area contributed by atoms with Crippen molar-refractivity contribution >= 4 is 12.0 Å². The Morgan fingerprint density at radius 3 is 2.55 bits per heavy atom. The number of amides is 2. The molecule has 1 heterocycles. The monoisotopic (exact) mass is 279 g/mol. The first-order chi connectivity index (χ1) is 9.50. The zero-order chi connectivity index (χ0) is 15.0. The summed E-state index contributed by atoms with van der Waals surface area (Å²) < 4.78 is 0. The Bertz CT molecular complexity index is 435. The number of rotatable bonds is 7. The predicted molar refractivity (Wildman–Crippen MR) is 75.4 cm³/mol. The lowest BCUT2D eigenvalue weighted by Gasteiger charge is -2.26. The van der Waals surface area contributed by atoms with Gasteiger partial charge in [-0.3, -0.25) is 9.78 Å². The summed E-state index contributed by atoms with van der Waals surface area (Å²) in [6, 6.07) is 3.54. The predicted octanol–water partition coefficient (Wildman–Crippen LogP) is 1.52. The van der Waals surface area contributed by atoms with E-state index in [2.05, 4.69) is 10.3 Å². The van der Waals surface area contributed by atoms with Crippen LogP contribution in [0.5, 0.6) is 0 Å². The SMILES string of the molecule is CC(C)N(CCC(=O)O)C(=O)NCCc1ccncc1. The molecule has 0 aliphatic heterocycles. The number of nitrogens with zero attached hydrogens (tertiary/aromatic N) is 2. The molecule has 0 aromatic carbocycles. The van der Waals surface area contributed by atoms with Crippen LogP contribution in [0.15, 0.2) is 24.5 Å². The molecule has 1 aromatic heterocycles. The first kappa shape index (κ1) is 15.9. The van der Waals surface area contributed by atoms with Crippen molar-refractivity contribution in [2.45, 2.75) is 32.7 Å². The number of carbonyl (C=O) groups is 2. The second-order valence-corrected chi connectivity index (χ2v) is 4.77. The zero-order valence-corrected chi connectivity index (χ0v) is 11.9. The van der Waals surface area contributed by atoms with E-state index in [0.717, 1.165) is 12.0 Å². The van der Waals surface area contributed by atoms with Crippen LogP contribution in [0, 0.1) is 0 Å². The maximum atomic E-state index is 12.0. The third-order valence-corrected chi connectivity index (χ3v) is 2.89. The maximum Gasteiger partial charge on any atom is 0.317 e. The third kappa shape index (κ3) is 5.69. The summed E-state index contributed by atoms with van der Waals surface area (Å²) in [5, 5.41) is 11.5. The second kappa shape index (κ2) is 8.14. The fourth-order valence-electron chi connectivity index (χ4n) is 1.78. The minimum absolute atomic E-state index is 0.0322. The summed E-state index contributed by atoms with van der Waals surface area (Å²) >= 11 is 0. The van der Waals surface area contributed by atoms with Gasteiger partial charge in [0.2, 0.25) is 0 Å². The van der Waals surface area contributed by atoms with Crippen molar-refractivity contribution in [2.75, 3.05) is 13.1 Å². The fourth-order valence-corrected chi connectivity index (χ4v) is 1.78. The smallest absolute Gasteiger partial charge is 0.317 e. The molecule has 0 unspecified atom stereocenters. The van der Waals surface area contributed by atoms with E-state index in [0.29, 0.717) is 6.54 Å². The minimum atomic E-state index is -0.903. The van der Waals surface area contributed by atoms with Crippen LogP contribution in [0.25, 0.3) is 0 Å². The van der Waals surface area contributed by atoms with Gasteiger partial charge in [0.15, 0.2) is 0 Å². The molecule has 0 saturated carbocycles. The van der Waals surface area contributed by atoms with Gasteiger partial charge in [-0.1, -0.05) is 0 Å². The third-order valence-electron chi connectivity index (χ3n) is 2.89. The Morgan fingerprint density at radius 2 is 2.00 bits per heavy atom. The fraction of sp³-hybridized carbons (Fsp3) is 0.500. The van der Waals surface area contributed by atoms with Gasteiger partial charge < -0.3 is 15.3 Å².